The Bertz CT molecular complexity index is 624. The van der Waals surface area contributed by atoms with Gasteiger partial charge in [0.15, 0.2) is 0 Å². The Balaban J connectivity index is 2.22. The molecular weight excluding hydrogens is 292 g/mol. The molecule has 1 aromatic heterocycles. The van der Waals surface area contributed by atoms with E-state index in [0.29, 0.717) is 10.6 Å². The number of rotatable bonds is 4. The first-order valence-electron chi connectivity index (χ1n) is 6.35. The molecule has 0 saturated heterocycles. The molecule has 1 aromatic carbocycles. The van der Waals surface area contributed by atoms with Crippen LogP contribution in [0, 0.1) is 6.92 Å². The van der Waals surface area contributed by atoms with Crippen molar-refractivity contribution >= 4 is 34.5 Å². The van der Waals surface area contributed by atoms with E-state index in [-0.39, 0.29) is 11.9 Å². The van der Waals surface area contributed by atoms with Crippen LogP contribution in [0.3, 0.4) is 0 Å². The predicted molar refractivity (Wildman–Crippen MR) is 85.9 cm³/mol. The minimum Gasteiger partial charge on any atom is -0.378 e. The molecule has 0 aliphatic rings. The van der Waals surface area contributed by atoms with Gasteiger partial charge in [0.25, 0.3) is 5.91 Å². The monoisotopic (exact) mass is 308 g/mol. The summed E-state index contributed by atoms with van der Waals surface area (Å²) in [5.41, 5.74) is 2.64. The van der Waals surface area contributed by atoms with Gasteiger partial charge in [-0.15, -0.1) is 11.3 Å². The summed E-state index contributed by atoms with van der Waals surface area (Å²) >= 11 is 7.77. The average Bonchev–Trinajstić information content (AvgIpc) is 2.86. The van der Waals surface area contributed by atoms with Gasteiger partial charge in [0.05, 0.1) is 16.6 Å². The Morgan fingerprint density at radius 3 is 2.70 bits per heavy atom. The molecule has 3 nitrogen and oxygen atoms in total. The second kappa shape index (κ2) is 6.29. The summed E-state index contributed by atoms with van der Waals surface area (Å²) in [4.78, 5) is 13.0. The third kappa shape index (κ3) is 3.14. The minimum absolute atomic E-state index is 0.182. The summed E-state index contributed by atoms with van der Waals surface area (Å²) in [6.45, 7) is 4.20. The molecule has 0 saturated carbocycles. The van der Waals surface area contributed by atoms with E-state index >= 15 is 0 Å². The number of nitrogens with one attached hydrogen (secondary N) is 2. The highest BCUT2D eigenvalue weighted by Gasteiger charge is 2.13. The second-order valence-electron chi connectivity index (χ2n) is 4.61. The molecule has 2 N–H and O–H groups in total. The van der Waals surface area contributed by atoms with E-state index in [4.69, 9.17) is 11.6 Å². The summed E-state index contributed by atoms with van der Waals surface area (Å²) in [5, 5.41) is 8.53. The largest absolute Gasteiger partial charge is 0.378 e. The van der Waals surface area contributed by atoms with Crippen LogP contribution in [-0.2, 0) is 0 Å². The van der Waals surface area contributed by atoms with Crippen molar-refractivity contribution < 1.29 is 4.79 Å². The predicted octanol–water partition coefficient (Wildman–Crippen LogP) is 4.24. The van der Waals surface area contributed by atoms with E-state index in [2.05, 4.69) is 35.9 Å². The fourth-order valence-corrected chi connectivity index (χ4v) is 3.21. The van der Waals surface area contributed by atoms with E-state index in [1.807, 2.05) is 6.07 Å². The van der Waals surface area contributed by atoms with Gasteiger partial charge >= 0.3 is 0 Å². The molecule has 1 unspecified atom stereocenters. The van der Waals surface area contributed by atoms with E-state index in [1.54, 1.807) is 30.5 Å². The fraction of sp³-hybridized carbons (Fsp3) is 0.267. The minimum atomic E-state index is -0.182. The first-order chi connectivity index (χ1) is 9.52. The van der Waals surface area contributed by atoms with Crippen molar-refractivity contribution in [1.29, 1.82) is 0 Å². The normalized spacial score (nSPS) is 12.0. The van der Waals surface area contributed by atoms with Gasteiger partial charge in [-0.05, 0) is 49.1 Å². The van der Waals surface area contributed by atoms with Crippen molar-refractivity contribution in [2.24, 2.45) is 0 Å². The molecule has 0 aliphatic heterocycles. The van der Waals surface area contributed by atoms with Gasteiger partial charge in [0.2, 0.25) is 0 Å². The first-order valence-corrected chi connectivity index (χ1v) is 7.61. The molecule has 1 atom stereocenters. The van der Waals surface area contributed by atoms with Crippen LogP contribution in [0.2, 0.25) is 5.02 Å². The zero-order chi connectivity index (χ0) is 14.7. The molecule has 0 bridgehead atoms. The second-order valence-corrected chi connectivity index (χ2v) is 5.96. The van der Waals surface area contributed by atoms with Crippen molar-refractivity contribution in [2.45, 2.75) is 19.9 Å². The fourth-order valence-electron chi connectivity index (χ4n) is 2.07. The van der Waals surface area contributed by atoms with Gasteiger partial charge in [0.1, 0.15) is 0 Å². The van der Waals surface area contributed by atoms with Crippen LogP contribution in [-0.4, -0.2) is 13.0 Å². The Morgan fingerprint density at radius 1 is 1.35 bits per heavy atom. The van der Waals surface area contributed by atoms with E-state index in [0.717, 1.165) is 5.69 Å². The number of benzene rings is 1. The molecule has 0 radical (unpaired) electrons. The molecule has 20 heavy (non-hydrogen) atoms. The van der Waals surface area contributed by atoms with Crippen molar-refractivity contribution in [1.82, 2.24) is 5.32 Å². The van der Waals surface area contributed by atoms with E-state index in [9.17, 15) is 4.79 Å². The average molecular weight is 309 g/mol. The van der Waals surface area contributed by atoms with Crippen molar-refractivity contribution in [2.75, 3.05) is 12.4 Å². The Hall–Kier alpha value is -1.52. The van der Waals surface area contributed by atoms with Crippen LogP contribution in [0.25, 0.3) is 0 Å². The Kier molecular flexibility index (Phi) is 4.68. The maximum atomic E-state index is 11.7. The Labute approximate surface area is 128 Å². The summed E-state index contributed by atoms with van der Waals surface area (Å²) in [6.07, 6.45) is 0. The molecule has 5 heteroatoms. The highest BCUT2D eigenvalue weighted by molar-refractivity contribution is 7.10. The van der Waals surface area contributed by atoms with Crippen molar-refractivity contribution in [3.63, 3.8) is 0 Å². The smallest absolute Gasteiger partial charge is 0.252 e. The standard InChI is InChI=1S/C15H17ClN2OS/c1-9-6-7-20-14(9)10(2)18-11-4-5-13(16)12(8-11)15(19)17-3/h4-8,10,18H,1-3H3,(H,17,19). The first kappa shape index (κ1) is 14.9. The number of halogens is 1. The lowest BCUT2D eigenvalue weighted by Gasteiger charge is -2.16. The van der Waals surface area contributed by atoms with Crippen LogP contribution < -0.4 is 10.6 Å². The zero-order valence-corrected chi connectivity index (χ0v) is 13.2. The number of carbonyl (C=O) groups is 1. The Morgan fingerprint density at radius 2 is 2.10 bits per heavy atom. The molecule has 0 spiro atoms. The molecule has 0 aliphatic carbocycles. The van der Waals surface area contributed by atoms with Crippen LogP contribution in [0.5, 0.6) is 0 Å². The van der Waals surface area contributed by atoms with E-state index in [1.165, 1.54) is 10.4 Å². The summed E-state index contributed by atoms with van der Waals surface area (Å²) in [6, 6.07) is 7.70. The molecule has 0 fully saturated rings. The number of carbonyl (C=O) groups excluding carboxylic acids is 1. The number of aryl methyl sites for hydroxylation is 1. The summed E-state index contributed by atoms with van der Waals surface area (Å²) < 4.78 is 0. The number of amides is 1. The lowest BCUT2D eigenvalue weighted by atomic mass is 10.1. The summed E-state index contributed by atoms with van der Waals surface area (Å²) in [7, 11) is 1.59. The molecule has 1 amide bonds. The third-order valence-electron chi connectivity index (χ3n) is 3.12. The number of anilines is 1. The third-order valence-corrected chi connectivity index (χ3v) is 4.65. The maximum Gasteiger partial charge on any atom is 0.252 e. The van der Waals surface area contributed by atoms with Crippen molar-refractivity contribution in [3.05, 3.63) is 50.7 Å². The zero-order valence-electron chi connectivity index (χ0n) is 11.7. The van der Waals surface area contributed by atoms with Crippen LogP contribution in [0.1, 0.15) is 33.8 Å². The van der Waals surface area contributed by atoms with Crippen LogP contribution in [0.15, 0.2) is 29.6 Å². The van der Waals surface area contributed by atoms with Crippen LogP contribution >= 0.6 is 22.9 Å². The maximum absolute atomic E-state index is 11.7. The van der Waals surface area contributed by atoms with Gasteiger partial charge in [-0.25, -0.2) is 0 Å². The summed E-state index contributed by atoms with van der Waals surface area (Å²) in [5.74, 6) is -0.182. The van der Waals surface area contributed by atoms with Gasteiger partial charge in [-0.2, -0.15) is 0 Å². The number of thiophene rings is 1. The van der Waals surface area contributed by atoms with Gasteiger partial charge in [-0.3, -0.25) is 4.79 Å². The number of hydrogen-bond acceptors (Lipinski definition) is 3. The van der Waals surface area contributed by atoms with E-state index < -0.39 is 0 Å². The highest BCUT2D eigenvalue weighted by Crippen LogP contribution is 2.28. The molecule has 1 heterocycles. The highest BCUT2D eigenvalue weighted by atomic mass is 35.5. The van der Waals surface area contributed by atoms with Gasteiger partial charge in [-0.1, -0.05) is 11.6 Å². The van der Waals surface area contributed by atoms with Gasteiger partial charge in [0, 0.05) is 17.6 Å². The molecular formula is C15H17ClN2OS. The SMILES string of the molecule is CNC(=O)c1cc(NC(C)c2sccc2C)ccc1Cl. The molecule has 2 aromatic rings. The van der Waals surface area contributed by atoms with Gasteiger partial charge < -0.3 is 10.6 Å². The topological polar surface area (TPSA) is 41.1 Å². The molecule has 106 valence electrons. The number of hydrogen-bond donors (Lipinski definition) is 2. The van der Waals surface area contributed by atoms with Crippen LogP contribution in [0.4, 0.5) is 5.69 Å². The lowest BCUT2D eigenvalue weighted by Crippen LogP contribution is -2.18. The lowest BCUT2D eigenvalue weighted by molar-refractivity contribution is 0.0963. The quantitative estimate of drug-likeness (QED) is 0.887. The molecule has 2 rings (SSSR count). The van der Waals surface area contributed by atoms with Crippen molar-refractivity contribution in [3.8, 4) is 0 Å².